The molecule has 3 heterocycles. The smallest absolute Gasteiger partial charge is 0.263 e. The number of thioether (sulfide) groups is 1. The molecular weight excluding hydrogens is 371 g/mol. The Labute approximate surface area is 159 Å². The summed E-state index contributed by atoms with van der Waals surface area (Å²) in [6, 6.07) is 6.20. The van der Waals surface area contributed by atoms with Crippen molar-refractivity contribution in [2.45, 2.75) is 30.5 Å². The molecule has 0 amide bonds. The molecule has 7 heteroatoms. The Morgan fingerprint density at radius 3 is 2.88 bits per heavy atom. The highest BCUT2D eigenvalue weighted by atomic mass is 32.2. The van der Waals surface area contributed by atoms with E-state index in [0.717, 1.165) is 41.2 Å². The minimum Gasteiger partial charge on any atom is -0.377 e. The molecule has 0 radical (unpaired) electrons. The number of aromatic nitrogens is 2. The largest absolute Gasteiger partial charge is 0.377 e. The van der Waals surface area contributed by atoms with Gasteiger partial charge in [0.25, 0.3) is 5.56 Å². The van der Waals surface area contributed by atoms with E-state index < -0.39 is 0 Å². The van der Waals surface area contributed by atoms with E-state index in [0.29, 0.717) is 10.5 Å². The molecule has 2 aromatic heterocycles. The van der Waals surface area contributed by atoms with Crippen LogP contribution in [0, 0.1) is 5.82 Å². The number of fused-ring (bicyclic) bond motifs is 1. The maximum absolute atomic E-state index is 13.2. The predicted octanol–water partition coefficient (Wildman–Crippen LogP) is 4.46. The lowest BCUT2D eigenvalue weighted by Gasteiger charge is -2.22. The molecule has 4 rings (SSSR count). The van der Waals surface area contributed by atoms with Gasteiger partial charge in [0.2, 0.25) is 0 Å². The van der Waals surface area contributed by atoms with Gasteiger partial charge in [-0.15, -0.1) is 11.3 Å². The van der Waals surface area contributed by atoms with Crippen molar-refractivity contribution in [1.29, 1.82) is 0 Å². The summed E-state index contributed by atoms with van der Waals surface area (Å²) in [4.78, 5) is 18.4. The van der Waals surface area contributed by atoms with Gasteiger partial charge in [-0.1, -0.05) is 23.9 Å². The van der Waals surface area contributed by atoms with Crippen LogP contribution in [0.4, 0.5) is 4.39 Å². The molecular formula is C19H19FN2O2S2. The summed E-state index contributed by atoms with van der Waals surface area (Å²) in [6.07, 6.45) is 3.63. The summed E-state index contributed by atoms with van der Waals surface area (Å²) in [6.45, 7) is 0.822. The van der Waals surface area contributed by atoms with Crippen LogP contribution in [0.1, 0.15) is 19.3 Å². The molecule has 0 spiro atoms. The molecule has 26 heavy (non-hydrogen) atoms. The highest BCUT2D eigenvalue weighted by molar-refractivity contribution is 7.99. The second-order valence-corrected chi connectivity index (χ2v) is 8.24. The standard InChI is InChI=1S/C19H19FN2O2S2/c1-22-18(23)16-15(12-5-7-13(20)8-6-12)11-25-17(16)21-19(22)26-10-14-4-2-3-9-24-14/h5-8,11,14H,2-4,9-10H2,1H3/t14-/m0/s1. The molecule has 4 nitrogen and oxygen atoms in total. The Bertz CT molecular complexity index is 976. The summed E-state index contributed by atoms with van der Waals surface area (Å²) in [5, 5.41) is 3.23. The van der Waals surface area contributed by atoms with E-state index >= 15 is 0 Å². The average molecular weight is 391 g/mol. The van der Waals surface area contributed by atoms with Gasteiger partial charge in [0, 0.05) is 30.4 Å². The Kier molecular flexibility index (Phi) is 5.11. The minimum atomic E-state index is -0.289. The number of hydrogen-bond acceptors (Lipinski definition) is 5. The Balaban J connectivity index is 1.66. The fourth-order valence-electron chi connectivity index (χ4n) is 3.13. The Morgan fingerprint density at radius 2 is 2.15 bits per heavy atom. The number of hydrogen-bond donors (Lipinski definition) is 0. The lowest BCUT2D eigenvalue weighted by molar-refractivity contribution is 0.0315. The molecule has 136 valence electrons. The maximum atomic E-state index is 13.2. The molecule has 1 aromatic carbocycles. The van der Waals surface area contributed by atoms with Crippen molar-refractivity contribution in [3.05, 3.63) is 45.8 Å². The normalized spacial score (nSPS) is 17.7. The van der Waals surface area contributed by atoms with Gasteiger partial charge in [0.1, 0.15) is 10.6 Å². The van der Waals surface area contributed by atoms with Crippen LogP contribution in [0.25, 0.3) is 21.3 Å². The molecule has 1 saturated heterocycles. The second-order valence-electron chi connectivity index (χ2n) is 6.39. The van der Waals surface area contributed by atoms with Crippen LogP contribution in [0.5, 0.6) is 0 Å². The Morgan fingerprint density at radius 1 is 1.35 bits per heavy atom. The van der Waals surface area contributed by atoms with Crippen LogP contribution < -0.4 is 5.56 Å². The Hall–Kier alpha value is -1.70. The third-order valence-electron chi connectivity index (χ3n) is 4.60. The topological polar surface area (TPSA) is 44.1 Å². The minimum absolute atomic E-state index is 0.0670. The van der Waals surface area contributed by atoms with Crippen molar-refractivity contribution in [3.63, 3.8) is 0 Å². The van der Waals surface area contributed by atoms with E-state index in [2.05, 4.69) is 0 Å². The van der Waals surface area contributed by atoms with Gasteiger partial charge in [0.15, 0.2) is 5.16 Å². The molecule has 0 bridgehead atoms. The van der Waals surface area contributed by atoms with E-state index in [4.69, 9.17) is 9.72 Å². The van der Waals surface area contributed by atoms with Gasteiger partial charge in [-0.05, 0) is 37.0 Å². The van der Waals surface area contributed by atoms with Crippen LogP contribution in [0.2, 0.25) is 0 Å². The van der Waals surface area contributed by atoms with Gasteiger partial charge in [-0.2, -0.15) is 0 Å². The number of benzene rings is 1. The molecule has 0 N–H and O–H groups in total. The van der Waals surface area contributed by atoms with Crippen LogP contribution in [-0.2, 0) is 11.8 Å². The van der Waals surface area contributed by atoms with Crippen molar-refractivity contribution in [3.8, 4) is 11.1 Å². The summed E-state index contributed by atoms with van der Waals surface area (Å²) >= 11 is 3.02. The average Bonchev–Trinajstić information content (AvgIpc) is 3.09. The third kappa shape index (κ3) is 3.43. The molecule has 1 aliphatic heterocycles. The SMILES string of the molecule is Cn1c(SC[C@@H]2CCCCO2)nc2scc(-c3ccc(F)cc3)c2c1=O. The summed E-state index contributed by atoms with van der Waals surface area (Å²) in [5.41, 5.74) is 1.57. The van der Waals surface area contributed by atoms with Crippen molar-refractivity contribution < 1.29 is 9.13 Å². The van der Waals surface area contributed by atoms with Crippen LogP contribution in [-0.4, -0.2) is 28.0 Å². The lowest BCUT2D eigenvalue weighted by atomic mass is 10.1. The number of ether oxygens (including phenoxy) is 1. The van der Waals surface area contributed by atoms with Gasteiger partial charge in [0.05, 0.1) is 11.5 Å². The first-order chi connectivity index (χ1) is 12.6. The van der Waals surface area contributed by atoms with Crippen LogP contribution in [0.3, 0.4) is 0 Å². The molecule has 1 aliphatic rings. The first kappa shape index (κ1) is 17.7. The van der Waals surface area contributed by atoms with E-state index in [1.54, 1.807) is 35.5 Å². The maximum Gasteiger partial charge on any atom is 0.263 e. The predicted molar refractivity (Wildman–Crippen MR) is 105 cm³/mol. The highest BCUT2D eigenvalue weighted by Gasteiger charge is 2.18. The highest BCUT2D eigenvalue weighted by Crippen LogP contribution is 2.32. The van der Waals surface area contributed by atoms with Crippen LogP contribution >= 0.6 is 23.1 Å². The van der Waals surface area contributed by atoms with E-state index in [9.17, 15) is 9.18 Å². The first-order valence-corrected chi connectivity index (χ1v) is 10.5. The number of thiophene rings is 1. The van der Waals surface area contributed by atoms with E-state index in [-0.39, 0.29) is 17.5 Å². The number of rotatable bonds is 4. The molecule has 0 unspecified atom stereocenters. The van der Waals surface area contributed by atoms with Gasteiger partial charge in [-0.3, -0.25) is 9.36 Å². The summed E-state index contributed by atoms with van der Waals surface area (Å²) < 4.78 is 20.6. The molecule has 0 saturated carbocycles. The zero-order chi connectivity index (χ0) is 18.1. The van der Waals surface area contributed by atoms with Crippen molar-refractivity contribution in [1.82, 2.24) is 9.55 Å². The van der Waals surface area contributed by atoms with Gasteiger partial charge in [-0.25, -0.2) is 9.37 Å². The monoisotopic (exact) mass is 390 g/mol. The van der Waals surface area contributed by atoms with Crippen LogP contribution in [0.15, 0.2) is 39.6 Å². The summed E-state index contributed by atoms with van der Waals surface area (Å²) in [7, 11) is 1.75. The zero-order valence-electron chi connectivity index (χ0n) is 14.4. The molecule has 1 atom stereocenters. The second kappa shape index (κ2) is 7.50. The van der Waals surface area contributed by atoms with E-state index in [1.807, 2.05) is 5.38 Å². The number of nitrogens with zero attached hydrogens (tertiary/aromatic N) is 2. The van der Waals surface area contributed by atoms with Crippen molar-refractivity contribution in [2.24, 2.45) is 7.05 Å². The van der Waals surface area contributed by atoms with E-state index in [1.165, 1.54) is 29.9 Å². The van der Waals surface area contributed by atoms with Gasteiger partial charge >= 0.3 is 0 Å². The quantitative estimate of drug-likeness (QED) is 0.487. The zero-order valence-corrected chi connectivity index (χ0v) is 16.0. The van der Waals surface area contributed by atoms with Crippen molar-refractivity contribution in [2.75, 3.05) is 12.4 Å². The lowest BCUT2D eigenvalue weighted by Crippen LogP contribution is -2.23. The molecule has 0 aliphatic carbocycles. The fourth-order valence-corrected chi connectivity index (χ4v) is 5.16. The third-order valence-corrected chi connectivity index (χ3v) is 6.64. The first-order valence-electron chi connectivity index (χ1n) is 8.62. The number of halogens is 1. The molecule has 3 aromatic rings. The molecule has 1 fully saturated rings. The fraction of sp³-hybridized carbons (Fsp3) is 0.368. The summed E-state index contributed by atoms with van der Waals surface area (Å²) in [5.74, 6) is 0.519. The van der Waals surface area contributed by atoms with Crippen molar-refractivity contribution >= 4 is 33.3 Å². The van der Waals surface area contributed by atoms with Gasteiger partial charge < -0.3 is 4.74 Å².